The molecule has 21 heavy (non-hydrogen) atoms. The van der Waals surface area contributed by atoms with Crippen LogP contribution in [0.3, 0.4) is 0 Å². The molecule has 0 unspecified atom stereocenters. The maximum absolute atomic E-state index is 11.7. The van der Waals surface area contributed by atoms with Crippen LogP contribution in [-0.4, -0.2) is 35.0 Å². The third-order valence-electron chi connectivity index (χ3n) is 2.62. The molecular weight excluding hydrogens is 292 g/mol. The van der Waals surface area contributed by atoms with Crippen LogP contribution in [0, 0.1) is 6.92 Å². The lowest BCUT2D eigenvalue weighted by Gasteiger charge is -2.04. The van der Waals surface area contributed by atoms with Crippen molar-refractivity contribution in [3.05, 3.63) is 23.7 Å². The molecule has 112 valence electrons. The van der Waals surface area contributed by atoms with Crippen LogP contribution in [0.15, 0.2) is 26.8 Å². The Morgan fingerprint density at radius 1 is 1.57 bits per heavy atom. The molecule has 1 aliphatic rings. The van der Waals surface area contributed by atoms with Crippen molar-refractivity contribution in [1.82, 2.24) is 10.6 Å². The van der Waals surface area contributed by atoms with Crippen molar-refractivity contribution >= 4 is 35.0 Å². The number of nitrogens with zero attached hydrogens (tertiary/aromatic N) is 2. The summed E-state index contributed by atoms with van der Waals surface area (Å²) in [6.07, 6.45) is 1.59. The number of amidine groups is 1. The second-order valence-electron chi connectivity index (χ2n) is 4.35. The van der Waals surface area contributed by atoms with Crippen LogP contribution >= 0.6 is 11.8 Å². The van der Waals surface area contributed by atoms with Crippen molar-refractivity contribution in [1.29, 1.82) is 0 Å². The quantitative estimate of drug-likeness (QED) is 0.627. The van der Waals surface area contributed by atoms with Crippen LogP contribution < -0.4 is 10.6 Å². The number of hydrogen-bond donors (Lipinski definition) is 2. The van der Waals surface area contributed by atoms with Crippen molar-refractivity contribution in [2.75, 3.05) is 6.54 Å². The summed E-state index contributed by atoms with van der Waals surface area (Å²) in [5, 5.41) is 12.9. The molecule has 2 heterocycles. The molecule has 7 nitrogen and oxygen atoms in total. The SMILES string of the molecule is CCNC(=O)C[C@H]1S/C(=N\N=C/c2ccc(C)o2)NC1=O. The summed E-state index contributed by atoms with van der Waals surface area (Å²) in [5.74, 6) is 0.995. The van der Waals surface area contributed by atoms with Crippen molar-refractivity contribution in [3.8, 4) is 0 Å². The zero-order chi connectivity index (χ0) is 15.2. The van der Waals surface area contributed by atoms with Gasteiger partial charge in [0.15, 0.2) is 5.17 Å². The summed E-state index contributed by atoms with van der Waals surface area (Å²) in [6, 6.07) is 3.60. The van der Waals surface area contributed by atoms with Gasteiger partial charge in [-0.1, -0.05) is 11.8 Å². The van der Waals surface area contributed by atoms with Gasteiger partial charge in [0.1, 0.15) is 16.8 Å². The highest BCUT2D eigenvalue weighted by molar-refractivity contribution is 8.15. The zero-order valence-electron chi connectivity index (χ0n) is 11.8. The van der Waals surface area contributed by atoms with Crippen LogP contribution in [0.2, 0.25) is 0 Å². The van der Waals surface area contributed by atoms with Gasteiger partial charge < -0.3 is 15.1 Å². The Morgan fingerprint density at radius 2 is 2.38 bits per heavy atom. The van der Waals surface area contributed by atoms with E-state index in [9.17, 15) is 9.59 Å². The fourth-order valence-electron chi connectivity index (χ4n) is 1.69. The van der Waals surface area contributed by atoms with Crippen LogP contribution in [0.5, 0.6) is 0 Å². The lowest BCUT2D eigenvalue weighted by molar-refractivity contribution is -0.125. The molecule has 8 heteroatoms. The molecule has 1 aliphatic heterocycles. The molecule has 2 amide bonds. The molecule has 0 spiro atoms. The van der Waals surface area contributed by atoms with Gasteiger partial charge in [-0.15, -0.1) is 5.10 Å². The molecule has 0 saturated carbocycles. The second kappa shape index (κ2) is 7.07. The molecular formula is C13H16N4O3S. The molecule has 1 atom stereocenters. The van der Waals surface area contributed by atoms with E-state index in [1.54, 1.807) is 6.07 Å². The van der Waals surface area contributed by atoms with Crippen molar-refractivity contribution in [2.24, 2.45) is 10.2 Å². The number of carbonyl (C=O) groups excluding carboxylic acids is 2. The number of rotatable bonds is 5. The Hall–Kier alpha value is -2.09. The minimum absolute atomic E-state index is 0.129. The maximum atomic E-state index is 11.7. The van der Waals surface area contributed by atoms with Crippen LogP contribution in [0.1, 0.15) is 24.9 Å². The topological polar surface area (TPSA) is 96.1 Å². The Kier molecular flexibility index (Phi) is 5.15. The Balaban J connectivity index is 1.91. The Bertz CT molecular complexity index is 594. The third-order valence-corrected chi connectivity index (χ3v) is 3.69. The molecule has 1 aromatic heterocycles. The van der Waals surface area contributed by atoms with Gasteiger partial charge in [-0.05, 0) is 26.0 Å². The highest BCUT2D eigenvalue weighted by Gasteiger charge is 2.32. The van der Waals surface area contributed by atoms with Crippen molar-refractivity contribution in [2.45, 2.75) is 25.5 Å². The molecule has 0 radical (unpaired) electrons. The highest BCUT2D eigenvalue weighted by Crippen LogP contribution is 2.22. The van der Waals surface area contributed by atoms with Gasteiger partial charge >= 0.3 is 0 Å². The molecule has 1 aromatic rings. The molecule has 2 N–H and O–H groups in total. The minimum atomic E-state index is -0.462. The first kappa shape index (κ1) is 15.3. The predicted octanol–water partition coefficient (Wildman–Crippen LogP) is 1.04. The fraction of sp³-hybridized carbons (Fsp3) is 0.385. The van der Waals surface area contributed by atoms with E-state index < -0.39 is 5.25 Å². The molecule has 0 aliphatic carbocycles. The van der Waals surface area contributed by atoms with E-state index in [0.717, 1.165) is 5.76 Å². The van der Waals surface area contributed by atoms with E-state index in [-0.39, 0.29) is 18.2 Å². The normalized spacial score (nSPS) is 20.2. The van der Waals surface area contributed by atoms with Gasteiger partial charge in [-0.3, -0.25) is 9.59 Å². The van der Waals surface area contributed by atoms with Gasteiger partial charge in [0.2, 0.25) is 11.8 Å². The predicted molar refractivity (Wildman–Crippen MR) is 81.3 cm³/mol. The van der Waals surface area contributed by atoms with Crippen LogP contribution in [0.25, 0.3) is 0 Å². The first-order valence-electron chi connectivity index (χ1n) is 6.50. The van der Waals surface area contributed by atoms with E-state index in [0.29, 0.717) is 17.5 Å². The number of thioether (sulfide) groups is 1. The minimum Gasteiger partial charge on any atom is -0.460 e. The van der Waals surface area contributed by atoms with Gasteiger partial charge in [0.05, 0.1) is 6.21 Å². The van der Waals surface area contributed by atoms with E-state index in [1.165, 1.54) is 18.0 Å². The second-order valence-corrected chi connectivity index (χ2v) is 5.54. The fourth-order valence-corrected chi connectivity index (χ4v) is 2.61. The third kappa shape index (κ3) is 4.45. The summed E-state index contributed by atoms with van der Waals surface area (Å²) in [6.45, 7) is 4.21. The molecule has 0 bridgehead atoms. The molecule has 1 saturated heterocycles. The number of furan rings is 1. The number of amides is 2. The standard InChI is InChI=1S/C13H16N4O3S/c1-3-14-11(18)6-10-12(19)16-13(21-10)17-15-7-9-5-4-8(2)20-9/h4-5,7,10H,3,6H2,1-2H3,(H,14,18)(H,16,17,19)/b15-7-/t10-/m1/s1. The average Bonchev–Trinajstić information content (AvgIpc) is 2.97. The summed E-state index contributed by atoms with van der Waals surface area (Å²) in [5.41, 5.74) is 0. The summed E-state index contributed by atoms with van der Waals surface area (Å²) < 4.78 is 5.30. The number of nitrogens with one attached hydrogen (secondary N) is 2. The lowest BCUT2D eigenvalue weighted by atomic mass is 10.3. The molecule has 1 fully saturated rings. The zero-order valence-corrected chi connectivity index (χ0v) is 12.6. The first-order chi connectivity index (χ1) is 10.1. The monoisotopic (exact) mass is 308 g/mol. The van der Waals surface area contributed by atoms with Crippen LogP contribution in [0.4, 0.5) is 0 Å². The highest BCUT2D eigenvalue weighted by atomic mass is 32.2. The van der Waals surface area contributed by atoms with Crippen molar-refractivity contribution in [3.63, 3.8) is 0 Å². The number of hydrogen-bond acceptors (Lipinski definition) is 6. The lowest BCUT2D eigenvalue weighted by Crippen LogP contribution is -2.31. The summed E-state index contributed by atoms with van der Waals surface area (Å²) in [7, 11) is 0. The van der Waals surface area contributed by atoms with Crippen molar-refractivity contribution < 1.29 is 14.0 Å². The summed E-state index contributed by atoms with van der Waals surface area (Å²) >= 11 is 1.20. The largest absolute Gasteiger partial charge is 0.460 e. The Morgan fingerprint density at radius 3 is 3.05 bits per heavy atom. The van der Waals surface area contributed by atoms with Gasteiger partial charge in [-0.25, -0.2) is 0 Å². The first-order valence-corrected chi connectivity index (χ1v) is 7.38. The van der Waals surface area contributed by atoms with Crippen LogP contribution in [-0.2, 0) is 9.59 Å². The van der Waals surface area contributed by atoms with Gasteiger partial charge in [0, 0.05) is 13.0 Å². The maximum Gasteiger partial charge on any atom is 0.240 e. The Labute approximate surface area is 126 Å². The summed E-state index contributed by atoms with van der Waals surface area (Å²) in [4.78, 5) is 23.2. The van der Waals surface area contributed by atoms with E-state index in [2.05, 4.69) is 20.8 Å². The number of aryl methyl sites for hydroxylation is 1. The molecule has 0 aromatic carbocycles. The van der Waals surface area contributed by atoms with Gasteiger partial charge in [-0.2, -0.15) is 5.10 Å². The molecule has 2 rings (SSSR count). The number of carbonyl (C=O) groups is 2. The van der Waals surface area contributed by atoms with E-state index >= 15 is 0 Å². The van der Waals surface area contributed by atoms with Gasteiger partial charge in [0.25, 0.3) is 0 Å². The van der Waals surface area contributed by atoms with E-state index in [4.69, 9.17) is 4.42 Å². The van der Waals surface area contributed by atoms with E-state index in [1.807, 2.05) is 19.9 Å². The average molecular weight is 308 g/mol. The smallest absolute Gasteiger partial charge is 0.240 e.